The standard InChI is InChI=1S/C14H20N4O3S2/c1-23(20,21)15-8-11-3-2-4-17(9-11)10-12-7-13(19)18-5-6-22-14(18)16-12/h5-7,11,15H,2-4,8-10H2,1H3/t11-/m0/s1. The van der Waals surface area contributed by atoms with Crippen LogP contribution in [0, 0.1) is 5.92 Å². The van der Waals surface area contributed by atoms with E-state index in [1.807, 2.05) is 5.38 Å². The van der Waals surface area contributed by atoms with Crippen molar-refractivity contribution in [3.8, 4) is 0 Å². The average Bonchev–Trinajstić information content (AvgIpc) is 2.94. The van der Waals surface area contributed by atoms with Gasteiger partial charge in [-0.3, -0.25) is 14.1 Å². The van der Waals surface area contributed by atoms with Gasteiger partial charge in [-0.2, -0.15) is 0 Å². The molecule has 2 aromatic rings. The third kappa shape index (κ3) is 4.37. The molecule has 2 aromatic heterocycles. The van der Waals surface area contributed by atoms with Crippen molar-refractivity contribution in [2.24, 2.45) is 5.92 Å². The van der Waals surface area contributed by atoms with E-state index >= 15 is 0 Å². The lowest BCUT2D eigenvalue weighted by Crippen LogP contribution is -2.40. The van der Waals surface area contributed by atoms with Crippen molar-refractivity contribution in [2.45, 2.75) is 19.4 Å². The summed E-state index contributed by atoms with van der Waals surface area (Å²) >= 11 is 1.45. The number of hydrogen-bond donors (Lipinski definition) is 1. The molecule has 9 heteroatoms. The van der Waals surface area contributed by atoms with Crippen LogP contribution in [0.25, 0.3) is 4.96 Å². The van der Waals surface area contributed by atoms with Gasteiger partial charge in [-0.15, -0.1) is 11.3 Å². The first kappa shape index (κ1) is 16.6. The van der Waals surface area contributed by atoms with E-state index in [1.165, 1.54) is 17.6 Å². The molecule has 1 fully saturated rings. The van der Waals surface area contributed by atoms with Crippen LogP contribution >= 0.6 is 11.3 Å². The quantitative estimate of drug-likeness (QED) is 0.844. The number of aromatic nitrogens is 2. The lowest BCUT2D eigenvalue weighted by Gasteiger charge is -2.32. The van der Waals surface area contributed by atoms with Gasteiger partial charge in [0.15, 0.2) is 4.96 Å². The average molecular weight is 356 g/mol. The van der Waals surface area contributed by atoms with Crippen LogP contribution in [0.4, 0.5) is 0 Å². The molecule has 1 saturated heterocycles. The normalized spacial score (nSPS) is 20.1. The van der Waals surface area contributed by atoms with Crippen LogP contribution in [-0.2, 0) is 16.6 Å². The Kier molecular flexibility index (Phi) is 4.81. The molecule has 23 heavy (non-hydrogen) atoms. The molecule has 126 valence electrons. The summed E-state index contributed by atoms with van der Waals surface area (Å²) in [5.74, 6) is 0.296. The van der Waals surface area contributed by atoms with E-state index in [0.717, 1.165) is 31.6 Å². The Morgan fingerprint density at radius 1 is 1.48 bits per heavy atom. The summed E-state index contributed by atoms with van der Waals surface area (Å²) in [5, 5.41) is 1.85. The predicted molar refractivity (Wildman–Crippen MR) is 90.2 cm³/mol. The highest BCUT2D eigenvalue weighted by molar-refractivity contribution is 7.88. The van der Waals surface area contributed by atoms with E-state index in [4.69, 9.17) is 0 Å². The van der Waals surface area contributed by atoms with Crippen molar-refractivity contribution in [1.29, 1.82) is 0 Å². The number of piperidine rings is 1. The zero-order chi connectivity index (χ0) is 16.4. The minimum absolute atomic E-state index is 0.0569. The third-order valence-electron chi connectivity index (χ3n) is 3.98. The number of likely N-dealkylation sites (tertiary alicyclic amines) is 1. The van der Waals surface area contributed by atoms with Gasteiger partial charge in [0, 0.05) is 37.3 Å². The summed E-state index contributed by atoms with van der Waals surface area (Å²) in [6.07, 6.45) is 4.95. The molecule has 0 aromatic carbocycles. The van der Waals surface area contributed by atoms with Crippen LogP contribution in [0.3, 0.4) is 0 Å². The lowest BCUT2D eigenvalue weighted by molar-refractivity contribution is 0.167. The second-order valence-electron chi connectivity index (χ2n) is 6.01. The SMILES string of the molecule is CS(=O)(=O)NC[C@@H]1CCCN(Cc2cc(=O)n3ccsc3n2)C1. The lowest BCUT2D eigenvalue weighted by atomic mass is 9.98. The van der Waals surface area contributed by atoms with E-state index in [0.29, 0.717) is 24.0 Å². The fourth-order valence-corrected chi connectivity index (χ4v) is 4.21. The van der Waals surface area contributed by atoms with Gasteiger partial charge in [0.05, 0.1) is 11.9 Å². The molecule has 1 N–H and O–H groups in total. The van der Waals surface area contributed by atoms with Gasteiger partial charge in [0.1, 0.15) is 0 Å². The fourth-order valence-electron chi connectivity index (χ4n) is 2.93. The van der Waals surface area contributed by atoms with Gasteiger partial charge < -0.3 is 0 Å². The van der Waals surface area contributed by atoms with E-state index in [1.54, 1.807) is 16.7 Å². The van der Waals surface area contributed by atoms with Crippen LogP contribution in [0.5, 0.6) is 0 Å². The third-order valence-corrected chi connectivity index (χ3v) is 5.43. The summed E-state index contributed by atoms with van der Waals surface area (Å²) in [6, 6.07) is 1.58. The maximum Gasteiger partial charge on any atom is 0.258 e. The molecule has 3 rings (SSSR count). The first-order chi connectivity index (χ1) is 10.9. The molecule has 0 aliphatic carbocycles. The van der Waals surface area contributed by atoms with Crippen molar-refractivity contribution in [1.82, 2.24) is 19.0 Å². The smallest absolute Gasteiger partial charge is 0.258 e. The molecule has 7 nitrogen and oxygen atoms in total. The molecule has 0 bridgehead atoms. The van der Waals surface area contributed by atoms with E-state index < -0.39 is 10.0 Å². The fraction of sp³-hybridized carbons (Fsp3) is 0.571. The number of nitrogens with one attached hydrogen (secondary N) is 1. The highest BCUT2D eigenvalue weighted by atomic mass is 32.2. The Balaban J connectivity index is 1.65. The van der Waals surface area contributed by atoms with E-state index in [9.17, 15) is 13.2 Å². The molecule has 0 unspecified atom stereocenters. The second-order valence-corrected chi connectivity index (χ2v) is 8.71. The molecule has 0 amide bonds. The summed E-state index contributed by atoms with van der Waals surface area (Å²) in [4.78, 5) is 19.5. The highest BCUT2D eigenvalue weighted by Crippen LogP contribution is 2.18. The minimum Gasteiger partial charge on any atom is -0.297 e. The highest BCUT2D eigenvalue weighted by Gasteiger charge is 2.21. The molecular weight excluding hydrogens is 336 g/mol. The summed E-state index contributed by atoms with van der Waals surface area (Å²) in [5.41, 5.74) is 0.715. The molecule has 0 spiro atoms. The van der Waals surface area contributed by atoms with Gasteiger partial charge in [-0.05, 0) is 25.3 Å². The van der Waals surface area contributed by atoms with Gasteiger partial charge in [-0.25, -0.2) is 18.1 Å². The first-order valence-corrected chi connectivity index (χ1v) is 10.3. The molecule has 3 heterocycles. The Hall–Kier alpha value is -1.29. The summed E-state index contributed by atoms with van der Waals surface area (Å²) in [6.45, 7) is 2.85. The monoisotopic (exact) mass is 356 g/mol. The number of sulfonamides is 1. The summed E-state index contributed by atoms with van der Waals surface area (Å²) in [7, 11) is -3.15. The maximum absolute atomic E-state index is 12.0. The number of thiazole rings is 1. The van der Waals surface area contributed by atoms with Crippen molar-refractivity contribution < 1.29 is 8.42 Å². The maximum atomic E-state index is 12.0. The second kappa shape index (κ2) is 6.68. The molecule has 0 saturated carbocycles. The topological polar surface area (TPSA) is 83.8 Å². The number of rotatable bonds is 5. The zero-order valence-electron chi connectivity index (χ0n) is 12.9. The van der Waals surface area contributed by atoms with Crippen LogP contribution < -0.4 is 10.3 Å². The van der Waals surface area contributed by atoms with E-state index in [-0.39, 0.29) is 5.56 Å². The molecular formula is C14H20N4O3S2. The van der Waals surface area contributed by atoms with Crippen molar-refractivity contribution in [3.63, 3.8) is 0 Å². The Morgan fingerprint density at radius 3 is 3.09 bits per heavy atom. The Morgan fingerprint density at radius 2 is 2.30 bits per heavy atom. The Labute approximate surface area is 139 Å². The van der Waals surface area contributed by atoms with Crippen molar-refractivity contribution >= 4 is 26.3 Å². The predicted octanol–water partition coefficient (Wildman–Crippen LogP) is 0.517. The summed E-state index contributed by atoms with van der Waals surface area (Å²) < 4.78 is 26.6. The number of fused-ring (bicyclic) bond motifs is 1. The molecule has 1 aliphatic heterocycles. The van der Waals surface area contributed by atoms with Crippen LogP contribution in [-0.4, -0.2) is 48.6 Å². The van der Waals surface area contributed by atoms with Crippen LogP contribution in [0.15, 0.2) is 22.4 Å². The van der Waals surface area contributed by atoms with Gasteiger partial charge in [0.2, 0.25) is 10.0 Å². The zero-order valence-corrected chi connectivity index (χ0v) is 14.6. The van der Waals surface area contributed by atoms with Crippen molar-refractivity contribution in [2.75, 3.05) is 25.9 Å². The van der Waals surface area contributed by atoms with Gasteiger partial charge in [-0.1, -0.05) is 0 Å². The van der Waals surface area contributed by atoms with E-state index in [2.05, 4.69) is 14.6 Å². The van der Waals surface area contributed by atoms with Gasteiger partial charge in [0.25, 0.3) is 5.56 Å². The largest absolute Gasteiger partial charge is 0.297 e. The minimum atomic E-state index is -3.15. The van der Waals surface area contributed by atoms with Crippen LogP contribution in [0.2, 0.25) is 0 Å². The van der Waals surface area contributed by atoms with Crippen LogP contribution in [0.1, 0.15) is 18.5 Å². The molecule has 1 atom stereocenters. The van der Waals surface area contributed by atoms with Gasteiger partial charge >= 0.3 is 0 Å². The number of hydrogen-bond acceptors (Lipinski definition) is 6. The first-order valence-electron chi connectivity index (χ1n) is 7.53. The van der Waals surface area contributed by atoms with Crippen molar-refractivity contribution in [3.05, 3.63) is 33.7 Å². The molecule has 0 radical (unpaired) electrons. The number of nitrogens with zero attached hydrogens (tertiary/aromatic N) is 3. The Bertz CT molecular complexity index is 843. The molecule has 1 aliphatic rings.